The smallest absolute Gasteiger partial charge is 0.196 e. The van der Waals surface area contributed by atoms with Gasteiger partial charge in [-0.25, -0.2) is 0 Å². The molecule has 0 aliphatic carbocycles. The molecule has 0 radical (unpaired) electrons. The number of methoxy groups -OCH3 is 1. The van der Waals surface area contributed by atoms with Gasteiger partial charge in [0, 0.05) is 13.5 Å². The third-order valence-corrected chi connectivity index (χ3v) is 2.16. The molecule has 86 valence electrons. The minimum atomic E-state index is -0.277. The van der Waals surface area contributed by atoms with Crippen molar-refractivity contribution in [2.45, 2.75) is 19.6 Å². The van der Waals surface area contributed by atoms with Crippen LogP contribution < -0.4 is 4.74 Å². The largest absolute Gasteiger partial charge is 0.465 e. The van der Waals surface area contributed by atoms with Crippen molar-refractivity contribution >= 4 is 5.78 Å². The molecule has 3 nitrogen and oxygen atoms in total. The Hall–Kier alpha value is -1.61. The van der Waals surface area contributed by atoms with Crippen molar-refractivity contribution in [3.05, 3.63) is 42.5 Å². The van der Waals surface area contributed by atoms with Gasteiger partial charge in [-0.05, 0) is 30.7 Å². The van der Waals surface area contributed by atoms with E-state index in [-0.39, 0.29) is 12.1 Å². The molecule has 1 atom stereocenters. The van der Waals surface area contributed by atoms with Gasteiger partial charge >= 0.3 is 0 Å². The van der Waals surface area contributed by atoms with Gasteiger partial charge in [0.25, 0.3) is 0 Å². The van der Waals surface area contributed by atoms with Crippen molar-refractivity contribution < 1.29 is 14.3 Å². The Balaban J connectivity index is 2.60. The van der Waals surface area contributed by atoms with Gasteiger partial charge in [0.1, 0.15) is 5.75 Å². The molecule has 0 heterocycles. The molecule has 1 unspecified atom stereocenters. The van der Waals surface area contributed by atoms with E-state index in [1.54, 1.807) is 7.11 Å². The Morgan fingerprint density at radius 1 is 1.44 bits per heavy atom. The molecule has 0 aromatic heterocycles. The normalized spacial score (nSPS) is 11.9. The lowest BCUT2D eigenvalue weighted by Gasteiger charge is -2.12. The lowest BCUT2D eigenvalue weighted by atomic mass is 10.1. The summed E-state index contributed by atoms with van der Waals surface area (Å²) >= 11 is 0. The van der Waals surface area contributed by atoms with Crippen molar-refractivity contribution in [1.29, 1.82) is 0 Å². The summed E-state index contributed by atoms with van der Waals surface area (Å²) in [7, 11) is 1.59. The van der Waals surface area contributed by atoms with Crippen molar-refractivity contribution in [3.8, 4) is 5.75 Å². The molecule has 1 aromatic rings. The van der Waals surface area contributed by atoms with Gasteiger partial charge in [0.05, 0.1) is 0 Å². The van der Waals surface area contributed by atoms with Crippen molar-refractivity contribution in [2.75, 3.05) is 7.11 Å². The van der Waals surface area contributed by atoms with Crippen LogP contribution in [0.3, 0.4) is 0 Å². The van der Waals surface area contributed by atoms with Crippen LogP contribution in [0.15, 0.2) is 36.9 Å². The molecule has 0 saturated heterocycles. The van der Waals surface area contributed by atoms with Crippen LogP contribution in [0.25, 0.3) is 0 Å². The summed E-state index contributed by atoms with van der Waals surface area (Å²) in [6.45, 7) is 5.25. The van der Waals surface area contributed by atoms with Crippen LogP contribution in [0.2, 0.25) is 0 Å². The van der Waals surface area contributed by atoms with Crippen molar-refractivity contribution in [2.24, 2.45) is 0 Å². The molecule has 0 aliphatic rings. The molecular weight excluding hydrogens is 204 g/mol. The first-order valence-corrected chi connectivity index (χ1v) is 5.09. The van der Waals surface area contributed by atoms with E-state index in [0.717, 1.165) is 11.3 Å². The van der Waals surface area contributed by atoms with Crippen LogP contribution in [-0.4, -0.2) is 19.2 Å². The van der Waals surface area contributed by atoms with Crippen molar-refractivity contribution in [1.82, 2.24) is 0 Å². The zero-order valence-corrected chi connectivity index (χ0v) is 9.60. The van der Waals surface area contributed by atoms with E-state index in [4.69, 9.17) is 9.47 Å². The second-order valence-corrected chi connectivity index (χ2v) is 3.41. The molecule has 16 heavy (non-hydrogen) atoms. The molecule has 0 spiro atoms. The van der Waals surface area contributed by atoms with Crippen LogP contribution in [0.4, 0.5) is 0 Å². The molecule has 0 N–H and O–H groups in total. The van der Waals surface area contributed by atoms with Crippen LogP contribution in [0, 0.1) is 0 Å². The number of rotatable bonds is 6. The molecule has 0 aliphatic heterocycles. The molecule has 0 fully saturated rings. The number of hydrogen-bond acceptors (Lipinski definition) is 3. The second-order valence-electron chi connectivity index (χ2n) is 3.41. The number of carbonyl (C=O) groups excluding carboxylic acids is 1. The average Bonchev–Trinajstić information content (AvgIpc) is 2.31. The maximum atomic E-state index is 11.1. The summed E-state index contributed by atoms with van der Waals surface area (Å²) in [5, 5.41) is 0. The lowest BCUT2D eigenvalue weighted by molar-refractivity contribution is -0.114. The number of ether oxygens (including phenoxy) is 2. The summed E-state index contributed by atoms with van der Waals surface area (Å²) in [5.74, 6) is 0.739. The summed E-state index contributed by atoms with van der Waals surface area (Å²) in [4.78, 5) is 11.1. The zero-order chi connectivity index (χ0) is 12.0. The van der Waals surface area contributed by atoms with Gasteiger partial charge in [-0.1, -0.05) is 18.7 Å². The van der Waals surface area contributed by atoms with Gasteiger partial charge < -0.3 is 9.47 Å². The Morgan fingerprint density at radius 2 is 2.06 bits per heavy atom. The second kappa shape index (κ2) is 6.08. The minimum Gasteiger partial charge on any atom is -0.465 e. The standard InChI is InChI=1S/C13H16O3/c1-4-12(14)9-11-5-7-13(8-6-11)16-10(2)15-3/h4-8,10H,1,9H2,2-3H3. The Bertz CT molecular complexity index is 354. The first-order chi connectivity index (χ1) is 7.65. The first-order valence-electron chi connectivity index (χ1n) is 5.09. The monoisotopic (exact) mass is 220 g/mol. The number of carbonyl (C=O) groups is 1. The minimum absolute atomic E-state index is 0.0129. The summed E-state index contributed by atoms with van der Waals surface area (Å²) in [5.41, 5.74) is 0.947. The molecule has 0 amide bonds. The maximum Gasteiger partial charge on any atom is 0.196 e. The Kier molecular flexibility index (Phi) is 4.73. The van der Waals surface area contributed by atoms with Gasteiger partial charge in [-0.15, -0.1) is 0 Å². The van der Waals surface area contributed by atoms with E-state index >= 15 is 0 Å². The summed E-state index contributed by atoms with van der Waals surface area (Å²) in [6.07, 6.45) is 1.43. The highest BCUT2D eigenvalue weighted by atomic mass is 16.7. The first kappa shape index (κ1) is 12.5. The van der Waals surface area contributed by atoms with Crippen LogP contribution >= 0.6 is 0 Å². The van der Waals surface area contributed by atoms with Gasteiger partial charge in [0.2, 0.25) is 0 Å². The highest BCUT2D eigenvalue weighted by Gasteiger charge is 2.02. The number of allylic oxidation sites excluding steroid dienone is 1. The molecule has 0 saturated carbocycles. The Labute approximate surface area is 95.7 Å². The predicted molar refractivity (Wildman–Crippen MR) is 62.4 cm³/mol. The van der Waals surface area contributed by atoms with E-state index in [0.29, 0.717) is 6.42 Å². The van der Waals surface area contributed by atoms with Crippen LogP contribution in [-0.2, 0) is 16.0 Å². The van der Waals surface area contributed by atoms with Gasteiger partial charge in [0.15, 0.2) is 12.1 Å². The molecular formula is C13H16O3. The van der Waals surface area contributed by atoms with E-state index in [1.807, 2.05) is 31.2 Å². The Morgan fingerprint density at radius 3 is 2.56 bits per heavy atom. The predicted octanol–water partition coefficient (Wildman–Crippen LogP) is 2.36. The molecule has 3 heteroatoms. The quantitative estimate of drug-likeness (QED) is 0.545. The average molecular weight is 220 g/mol. The summed E-state index contributed by atoms with van der Waals surface area (Å²) in [6, 6.07) is 7.36. The van der Waals surface area contributed by atoms with Crippen LogP contribution in [0.1, 0.15) is 12.5 Å². The lowest BCUT2D eigenvalue weighted by Crippen LogP contribution is -2.13. The molecule has 1 rings (SSSR count). The summed E-state index contributed by atoms with van der Waals surface area (Å²) < 4.78 is 10.4. The van der Waals surface area contributed by atoms with E-state index in [9.17, 15) is 4.79 Å². The SMILES string of the molecule is C=CC(=O)Cc1ccc(OC(C)OC)cc1. The number of hydrogen-bond donors (Lipinski definition) is 0. The number of benzene rings is 1. The number of ketones is 1. The third-order valence-electron chi connectivity index (χ3n) is 2.16. The van der Waals surface area contributed by atoms with E-state index in [2.05, 4.69) is 6.58 Å². The highest BCUT2D eigenvalue weighted by molar-refractivity contribution is 5.90. The van der Waals surface area contributed by atoms with Gasteiger partial charge in [-0.2, -0.15) is 0 Å². The molecule has 1 aromatic carbocycles. The van der Waals surface area contributed by atoms with E-state index < -0.39 is 0 Å². The topological polar surface area (TPSA) is 35.5 Å². The molecule has 0 bridgehead atoms. The fraction of sp³-hybridized carbons (Fsp3) is 0.308. The maximum absolute atomic E-state index is 11.1. The van der Waals surface area contributed by atoms with E-state index in [1.165, 1.54) is 6.08 Å². The fourth-order valence-electron chi connectivity index (χ4n) is 1.20. The zero-order valence-electron chi connectivity index (χ0n) is 9.60. The van der Waals surface area contributed by atoms with Gasteiger partial charge in [-0.3, -0.25) is 4.79 Å². The highest BCUT2D eigenvalue weighted by Crippen LogP contribution is 2.14. The fourth-order valence-corrected chi connectivity index (χ4v) is 1.20. The van der Waals surface area contributed by atoms with Crippen molar-refractivity contribution in [3.63, 3.8) is 0 Å². The third kappa shape index (κ3) is 3.87. The van der Waals surface area contributed by atoms with Crippen LogP contribution in [0.5, 0.6) is 5.75 Å².